The van der Waals surface area contributed by atoms with Crippen molar-refractivity contribution in [3.8, 4) is 0 Å². The molecule has 1 aromatic heterocycles. The number of amides is 4. The number of aromatic nitrogens is 1. The van der Waals surface area contributed by atoms with Gasteiger partial charge in [0, 0.05) is 5.38 Å². The molecule has 254 valence electrons. The van der Waals surface area contributed by atoms with Crippen molar-refractivity contribution in [3.63, 3.8) is 0 Å². The van der Waals surface area contributed by atoms with E-state index in [1.165, 1.54) is 30.6 Å². The third-order valence-electron chi connectivity index (χ3n) is 8.09. The number of carbonyl (C=O) groups is 3. The summed E-state index contributed by atoms with van der Waals surface area (Å²) < 4.78 is 27.2. The molecule has 4 amide bonds. The van der Waals surface area contributed by atoms with Crippen LogP contribution in [0.3, 0.4) is 0 Å². The van der Waals surface area contributed by atoms with Crippen molar-refractivity contribution in [3.05, 3.63) is 149 Å². The number of aryl methyl sites for hydroxylation is 1. The van der Waals surface area contributed by atoms with Crippen LogP contribution in [0.2, 0.25) is 0 Å². The second-order valence-corrected chi connectivity index (χ2v) is 13.9. The van der Waals surface area contributed by atoms with Gasteiger partial charge in [-0.3, -0.25) is 14.5 Å². The number of nitrogens with zero attached hydrogens (tertiary/aromatic N) is 3. The van der Waals surface area contributed by atoms with Gasteiger partial charge in [-0.2, -0.15) is 0 Å². The van der Waals surface area contributed by atoms with E-state index in [0.717, 1.165) is 22.3 Å². The molecule has 0 spiro atoms. The van der Waals surface area contributed by atoms with Crippen molar-refractivity contribution in [1.29, 1.82) is 0 Å². The number of anilines is 1. The second-order valence-electron chi connectivity index (χ2n) is 11.3. The van der Waals surface area contributed by atoms with E-state index >= 15 is 0 Å². The number of likely N-dealkylation sites (tertiary alicyclic amines) is 1. The van der Waals surface area contributed by atoms with E-state index in [-0.39, 0.29) is 22.8 Å². The molecule has 1 aliphatic rings. The van der Waals surface area contributed by atoms with Crippen molar-refractivity contribution >= 4 is 50.0 Å². The lowest BCUT2D eigenvalue weighted by atomic mass is 9.77. The fraction of sp³-hybridized carbons (Fsp3) is 0.139. The van der Waals surface area contributed by atoms with E-state index in [1.54, 1.807) is 24.4 Å². The summed E-state index contributed by atoms with van der Waals surface area (Å²) in [7, 11) is -2.94. The predicted molar refractivity (Wildman–Crippen MR) is 189 cm³/mol. The Balaban J connectivity index is 1.20. The molecule has 6 rings (SSSR count). The first-order chi connectivity index (χ1) is 24.1. The van der Waals surface area contributed by atoms with E-state index < -0.39 is 39.4 Å². The summed E-state index contributed by atoms with van der Waals surface area (Å²) in [6, 6.07) is 33.5. The molecule has 12 nitrogen and oxygen atoms in total. The largest absolute Gasteiger partial charge is 0.398 e. The Kier molecular flexibility index (Phi) is 9.74. The molecule has 4 aromatic carbocycles. The second kappa shape index (κ2) is 14.3. The van der Waals surface area contributed by atoms with Gasteiger partial charge in [0.05, 0.1) is 11.4 Å². The maximum absolute atomic E-state index is 13.4. The molecule has 0 aliphatic carbocycles. The molecule has 0 radical (unpaired) electrons. The number of benzene rings is 4. The molecule has 50 heavy (non-hydrogen) atoms. The summed E-state index contributed by atoms with van der Waals surface area (Å²) in [5.74, 6) is -1.56. The van der Waals surface area contributed by atoms with Crippen LogP contribution in [-0.2, 0) is 30.0 Å². The number of hydrogen-bond donors (Lipinski definition) is 3. The zero-order valence-electron chi connectivity index (χ0n) is 26.9. The standard InChI is InChI=1S/C36H32N6O6S2/c1-24-18-20-28(21-19-24)50(46,47)41-35(45)42-22-29(33(42)44)37-32(43)31(40-48-2)30-23-49-34(38-30)39-36(25-12-6-3-7-13-25,26-14-8-4-9-15-26)27-16-10-5-11-17-27/h3-21,23,29H,22H2,1-2H3,(H,37,43)(H,38,39)(H,41,45)/b40-31-/t29-/m0/s1. The maximum atomic E-state index is 13.4. The number of β-lactam (4-membered cyclic amide) rings is 1. The average Bonchev–Trinajstić information content (AvgIpc) is 3.59. The summed E-state index contributed by atoms with van der Waals surface area (Å²) in [6.45, 7) is 1.54. The Morgan fingerprint density at radius 2 is 1.42 bits per heavy atom. The van der Waals surface area contributed by atoms with E-state index in [0.29, 0.717) is 10.0 Å². The minimum Gasteiger partial charge on any atom is -0.398 e. The zero-order valence-corrected chi connectivity index (χ0v) is 28.6. The van der Waals surface area contributed by atoms with Crippen LogP contribution in [0.25, 0.3) is 0 Å². The topological polar surface area (TPSA) is 159 Å². The van der Waals surface area contributed by atoms with Gasteiger partial charge in [0.15, 0.2) is 10.8 Å². The van der Waals surface area contributed by atoms with Crippen molar-refractivity contribution in [1.82, 2.24) is 19.9 Å². The van der Waals surface area contributed by atoms with Crippen molar-refractivity contribution in [2.45, 2.75) is 23.4 Å². The minimum atomic E-state index is -4.21. The van der Waals surface area contributed by atoms with Crippen LogP contribution in [0.5, 0.6) is 0 Å². The van der Waals surface area contributed by atoms with Gasteiger partial charge in [0.25, 0.3) is 21.8 Å². The minimum absolute atomic E-state index is 0.125. The number of sulfonamides is 1. The van der Waals surface area contributed by atoms with Crippen LogP contribution < -0.4 is 15.4 Å². The normalized spacial score (nSPS) is 14.8. The van der Waals surface area contributed by atoms with Gasteiger partial charge in [0.2, 0.25) is 0 Å². The van der Waals surface area contributed by atoms with Crippen LogP contribution in [0.15, 0.2) is 131 Å². The van der Waals surface area contributed by atoms with Crippen LogP contribution in [0, 0.1) is 6.92 Å². The highest BCUT2D eigenvalue weighted by Gasteiger charge is 2.44. The van der Waals surface area contributed by atoms with Crippen molar-refractivity contribution in [2.24, 2.45) is 5.16 Å². The molecule has 0 unspecified atom stereocenters. The average molecular weight is 709 g/mol. The van der Waals surface area contributed by atoms with Crippen LogP contribution >= 0.6 is 11.3 Å². The summed E-state index contributed by atoms with van der Waals surface area (Å²) in [6.07, 6.45) is 0. The van der Waals surface area contributed by atoms with Crippen molar-refractivity contribution in [2.75, 3.05) is 19.0 Å². The third-order valence-corrected chi connectivity index (χ3v) is 10.2. The molecule has 14 heteroatoms. The molecule has 1 aliphatic heterocycles. The summed E-state index contributed by atoms with van der Waals surface area (Å²) >= 11 is 1.26. The first-order valence-corrected chi connectivity index (χ1v) is 17.8. The van der Waals surface area contributed by atoms with Crippen LogP contribution in [0.4, 0.5) is 9.93 Å². The van der Waals surface area contributed by atoms with E-state index in [9.17, 15) is 22.8 Å². The fourth-order valence-corrected chi connectivity index (χ4v) is 7.27. The van der Waals surface area contributed by atoms with Gasteiger partial charge in [-0.1, -0.05) is 114 Å². The number of oxime groups is 1. The quantitative estimate of drug-likeness (QED) is 0.0776. The fourth-order valence-electron chi connectivity index (χ4n) is 5.57. The number of thiazole rings is 1. The molecule has 5 aromatic rings. The molecular formula is C36H32N6O6S2. The summed E-state index contributed by atoms with van der Waals surface area (Å²) in [5, 5.41) is 12.2. The van der Waals surface area contributed by atoms with Gasteiger partial charge in [-0.25, -0.2) is 22.9 Å². The highest BCUT2D eigenvalue weighted by atomic mass is 32.2. The summed E-state index contributed by atoms with van der Waals surface area (Å²) in [4.78, 5) is 49.2. The maximum Gasteiger partial charge on any atom is 0.338 e. The Morgan fingerprint density at radius 3 is 1.92 bits per heavy atom. The predicted octanol–water partition coefficient (Wildman–Crippen LogP) is 4.63. The molecule has 0 saturated carbocycles. The first-order valence-electron chi connectivity index (χ1n) is 15.4. The molecule has 1 atom stereocenters. The molecule has 3 N–H and O–H groups in total. The zero-order chi connectivity index (χ0) is 35.3. The van der Waals surface area contributed by atoms with E-state index in [2.05, 4.69) is 15.8 Å². The van der Waals surface area contributed by atoms with Gasteiger partial charge in [-0.15, -0.1) is 11.3 Å². The van der Waals surface area contributed by atoms with Gasteiger partial charge >= 0.3 is 6.03 Å². The van der Waals surface area contributed by atoms with Crippen LogP contribution in [-0.4, -0.2) is 61.6 Å². The smallest absolute Gasteiger partial charge is 0.338 e. The van der Waals surface area contributed by atoms with Crippen LogP contribution in [0.1, 0.15) is 27.9 Å². The number of hydrogen-bond acceptors (Lipinski definition) is 10. The number of imide groups is 1. The molecule has 1 fully saturated rings. The number of carbonyl (C=O) groups excluding carboxylic acids is 3. The Bertz CT molecular complexity index is 2040. The van der Waals surface area contributed by atoms with E-state index in [1.807, 2.05) is 95.7 Å². The molecule has 1 saturated heterocycles. The van der Waals surface area contributed by atoms with E-state index in [4.69, 9.17) is 9.82 Å². The number of urea groups is 1. The Labute approximate surface area is 292 Å². The third kappa shape index (κ3) is 6.84. The van der Waals surface area contributed by atoms with Gasteiger partial charge < -0.3 is 15.5 Å². The summed E-state index contributed by atoms with van der Waals surface area (Å²) in [5.41, 5.74) is 2.84. The molecule has 2 heterocycles. The van der Waals surface area contributed by atoms with Gasteiger partial charge in [-0.05, 0) is 35.7 Å². The SMILES string of the molecule is CO/N=C(\C(=O)N[C@H]1CN(C(=O)NS(=O)(=O)c2ccc(C)cc2)C1=O)c1csc(NC(c2ccccc2)(c2ccccc2)c2ccccc2)n1. The Hall–Kier alpha value is -5.86. The first kappa shape index (κ1) is 34.0. The lowest BCUT2D eigenvalue weighted by Crippen LogP contribution is -2.67. The highest BCUT2D eigenvalue weighted by Crippen LogP contribution is 2.40. The molecular weight excluding hydrogens is 677 g/mol. The lowest BCUT2D eigenvalue weighted by Gasteiger charge is -2.36. The monoisotopic (exact) mass is 708 g/mol. The lowest BCUT2D eigenvalue weighted by molar-refractivity contribution is -0.141. The number of nitrogens with one attached hydrogen (secondary N) is 3. The van der Waals surface area contributed by atoms with Crippen molar-refractivity contribution < 1.29 is 27.6 Å². The number of rotatable bonds is 11. The highest BCUT2D eigenvalue weighted by molar-refractivity contribution is 7.90. The Morgan fingerprint density at radius 1 is 0.880 bits per heavy atom. The van der Waals surface area contributed by atoms with Gasteiger partial charge in [0.1, 0.15) is 24.4 Å². The molecule has 0 bridgehead atoms.